The lowest BCUT2D eigenvalue weighted by Crippen LogP contribution is -2.43. The van der Waals surface area contributed by atoms with Gasteiger partial charge in [-0.1, -0.05) is 0 Å². The first-order valence-corrected chi connectivity index (χ1v) is 5.46. The van der Waals surface area contributed by atoms with Crippen LogP contribution >= 0.6 is 0 Å². The molecule has 14 heavy (non-hydrogen) atoms. The van der Waals surface area contributed by atoms with Gasteiger partial charge in [0.05, 0.1) is 6.04 Å². The highest BCUT2D eigenvalue weighted by molar-refractivity contribution is 5.94. The van der Waals surface area contributed by atoms with Gasteiger partial charge >= 0.3 is 0 Å². The Morgan fingerprint density at radius 1 is 1.36 bits per heavy atom. The lowest BCUT2D eigenvalue weighted by molar-refractivity contribution is -0.136. The number of rotatable bonds is 3. The first-order valence-electron chi connectivity index (χ1n) is 5.46. The minimum absolute atomic E-state index is 0.102. The third-order valence-corrected chi connectivity index (χ3v) is 3.12. The van der Waals surface area contributed by atoms with Crippen molar-refractivity contribution in [1.29, 1.82) is 0 Å². The standard InChI is InChI=1S/C11H17NO2/c1-7(2)12-9(5-6-10(12)13)11(14)8-3-4-8/h7-9H,3-6H2,1-2H3. The van der Waals surface area contributed by atoms with E-state index >= 15 is 0 Å². The van der Waals surface area contributed by atoms with Gasteiger partial charge < -0.3 is 4.90 Å². The van der Waals surface area contributed by atoms with E-state index in [4.69, 9.17) is 0 Å². The fourth-order valence-corrected chi connectivity index (χ4v) is 2.27. The van der Waals surface area contributed by atoms with E-state index < -0.39 is 0 Å². The molecule has 1 saturated carbocycles. The summed E-state index contributed by atoms with van der Waals surface area (Å²) in [5.74, 6) is 0.732. The van der Waals surface area contributed by atoms with Gasteiger partial charge in [0.15, 0.2) is 5.78 Å². The molecule has 3 heteroatoms. The maximum absolute atomic E-state index is 11.9. The van der Waals surface area contributed by atoms with Crippen LogP contribution in [0.5, 0.6) is 0 Å². The second-order valence-electron chi connectivity index (χ2n) is 4.63. The number of Topliss-reactive ketones (excluding diaryl/α,β-unsaturated/α-hetero) is 1. The molecule has 0 spiro atoms. The molecule has 1 heterocycles. The minimum atomic E-state index is -0.102. The summed E-state index contributed by atoms with van der Waals surface area (Å²) in [6.07, 6.45) is 3.37. The molecule has 1 atom stereocenters. The monoisotopic (exact) mass is 195 g/mol. The van der Waals surface area contributed by atoms with E-state index in [0.717, 1.165) is 19.3 Å². The van der Waals surface area contributed by atoms with Crippen molar-refractivity contribution in [1.82, 2.24) is 4.90 Å². The Labute approximate surface area is 84.5 Å². The molecule has 2 aliphatic rings. The Balaban J connectivity index is 2.10. The van der Waals surface area contributed by atoms with Crippen molar-refractivity contribution in [3.8, 4) is 0 Å². The summed E-state index contributed by atoms with van der Waals surface area (Å²) < 4.78 is 0. The van der Waals surface area contributed by atoms with Crippen LogP contribution in [0.15, 0.2) is 0 Å². The lowest BCUT2D eigenvalue weighted by Gasteiger charge is -2.27. The van der Waals surface area contributed by atoms with Crippen molar-refractivity contribution in [2.75, 3.05) is 0 Å². The molecule has 0 aromatic heterocycles. The van der Waals surface area contributed by atoms with Gasteiger partial charge in [-0.3, -0.25) is 9.59 Å². The Kier molecular flexibility index (Phi) is 2.33. The number of amides is 1. The summed E-state index contributed by atoms with van der Waals surface area (Å²) in [7, 11) is 0. The summed E-state index contributed by atoms with van der Waals surface area (Å²) in [5, 5.41) is 0. The molecule has 0 aromatic carbocycles. The van der Waals surface area contributed by atoms with Crippen molar-refractivity contribution in [3.05, 3.63) is 0 Å². The zero-order valence-electron chi connectivity index (χ0n) is 8.82. The smallest absolute Gasteiger partial charge is 0.223 e. The molecule has 2 fully saturated rings. The Morgan fingerprint density at radius 3 is 2.50 bits per heavy atom. The predicted molar refractivity (Wildman–Crippen MR) is 52.7 cm³/mol. The van der Waals surface area contributed by atoms with Crippen LogP contribution in [0, 0.1) is 5.92 Å². The molecule has 1 amide bonds. The second kappa shape index (κ2) is 3.37. The molecule has 0 aromatic rings. The van der Waals surface area contributed by atoms with E-state index in [1.165, 1.54) is 0 Å². The summed E-state index contributed by atoms with van der Waals surface area (Å²) >= 11 is 0. The highest BCUT2D eigenvalue weighted by Gasteiger charge is 2.43. The highest BCUT2D eigenvalue weighted by atomic mass is 16.2. The van der Waals surface area contributed by atoms with Gasteiger partial charge in [-0.25, -0.2) is 0 Å². The molecule has 1 aliphatic carbocycles. The Hall–Kier alpha value is -0.860. The molecule has 0 bridgehead atoms. The van der Waals surface area contributed by atoms with E-state index in [-0.39, 0.29) is 23.9 Å². The van der Waals surface area contributed by atoms with E-state index in [2.05, 4.69) is 0 Å². The molecule has 78 valence electrons. The summed E-state index contributed by atoms with van der Waals surface area (Å²) in [4.78, 5) is 25.2. The van der Waals surface area contributed by atoms with Crippen molar-refractivity contribution in [3.63, 3.8) is 0 Å². The fraction of sp³-hybridized carbons (Fsp3) is 0.818. The van der Waals surface area contributed by atoms with Crippen molar-refractivity contribution >= 4 is 11.7 Å². The SMILES string of the molecule is CC(C)N1C(=O)CCC1C(=O)C1CC1. The molecule has 0 radical (unpaired) electrons. The largest absolute Gasteiger partial charge is 0.330 e. The summed E-state index contributed by atoms with van der Waals surface area (Å²) in [6.45, 7) is 3.97. The summed E-state index contributed by atoms with van der Waals surface area (Å²) in [6, 6.07) is 0.0627. The van der Waals surface area contributed by atoms with Gasteiger partial charge in [0.25, 0.3) is 0 Å². The minimum Gasteiger partial charge on any atom is -0.330 e. The predicted octanol–water partition coefficient (Wildman–Crippen LogP) is 1.36. The average Bonchev–Trinajstić information content (AvgIpc) is 2.88. The van der Waals surface area contributed by atoms with Crippen molar-refractivity contribution in [2.24, 2.45) is 5.92 Å². The van der Waals surface area contributed by atoms with E-state index in [1.807, 2.05) is 13.8 Å². The van der Waals surface area contributed by atoms with Crippen LogP contribution in [0.25, 0.3) is 0 Å². The van der Waals surface area contributed by atoms with Gasteiger partial charge in [-0.05, 0) is 33.1 Å². The number of carbonyl (C=O) groups is 2. The molecule has 3 nitrogen and oxygen atoms in total. The number of nitrogens with zero attached hydrogens (tertiary/aromatic N) is 1. The average molecular weight is 195 g/mol. The maximum atomic E-state index is 11.9. The van der Waals surface area contributed by atoms with Crippen LogP contribution in [0.1, 0.15) is 39.5 Å². The van der Waals surface area contributed by atoms with E-state index in [0.29, 0.717) is 12.2 Å². The number of likely N-dealkylation sites (tertiary alicyclic amines) is 1. The third-order valence-electron chi connectivity index (χ3n) is 3.12. The van der Waals surface area contributed by atoms with Crippen LogP contribution in [-0.4, -0.2) is 28.7 Å². The third kappa shape index (κ3) is 1.56. The number of ketones is 1. The maximum Gasteiger partial charge on any atom is 0.223 e. The highest BCUT2D eigenvalue weighted by Crippen LogP contribution is 2.35. The van der Waals surface area contributed by atoms with E-state index in [9.17, 15) is 9.59 Å². The van der Waals surface area contributed by atoms with Crippen LogP contribution in [0.4, 0.5) is 0 Å². The Morgan fingerprint density at radius 2 is 2.00 bits per heavy atom. The quantitative estimate of drug-likeness (QED) is 0.682. The van der Waals surface area contributed by atoms with Gasteiger partial charge in [0, 0.05) is 18.4 Å². The summed E-state index contributed by atoms with van der Waals surface area (Å²) in [5.41, 5.74) is 0. The molecule has 1 saturated heterocycles. The number of hydrogen-bond donors (Lipinski definition) is 0. The normalized spacial score (nSPS) is 27.5. The van der Waals surface area contributed by atoms with Crippen molar-refractivity contribution in [2.45, 2.75) is 51.6 Å². The first kappa shape index (κ1) is 9.69. The number of carbonyl (C=O) groups excluding carboxylic acids is 2. The van der Waals surface area contributed by atoms with Gasteiger partial charge in [-0.2, -0.15) is 0 Å². The molecular weight excluding hydrogens is 178 g/mol. The van der Waals surface area contributed by atoms with Gasteiger partial charge in [0.1, 0.15) is 0 Å². The molecule has 1 aliphatic heterocycles. The van der Waals surface area contributed by atoms with Crippen LogP contribution in [0.2, 0.25) is 0 Å². The Bertz CT molecular complexity index is 268. The zero-order valence-corrected chi connectivity index (χ0v) is 8.82. The zero-order chi connectivity index (χ0) is 10.3. The fourth-order valence-electron chi connectivity index (χ4n) is 2.27. The van der Waals surface area contributed by atoms with Crippen LogP contribution in [0.3, 0.4) is 0 Å². The lowest BCUT2D eigenvalue weighted by atomic mass is 10.1. The van der Waals surface area contributed by atoms with Gasteiger partial charge in [0.2, 0.25) is 5.91 Å². The number of hydrogen-bond acceptors (Lipinski definition) is 2. The molecule has 2 rings (SSSR count). The first-order chi connectivity index (χ1) is 6.61. The van der Waals surface area contributed by atoms with Gasteiger partial charge in [-0.15, -0.1) is 0 Å². The molecule has 1 unspecified atom stereocenters. The van der Waals surface area contributed by atoms with Crippen molar-refractivity contribution < 1.29 is 9.59 Å². The second-order valence-corrected chi connectivity index (χ2v) is 4.63. The van der Waals surface area contributed by atoms with E-state index in [1.54, 1.807) is 4.90 Å². The molecule has 0 N–H and O–H groups in total. The van der Waals surface area contributed by atoms with Crippen LogP contribution < -0.4 is 0 Å². The topological polar surface area (TPSA) is 37.4 Å². The van der Waals surface area contributed by atoms with Crippen LogP contribution in [-0.2, 0) is 9.59 Å². The molecular formula is C11H17NO2.